The van der Waals surface area contributed by atoms with Crippen LogP contribution in [0.3, 0.4) is 0 Å². The van der Waals surface area contributed by atoms with Crippen LogP contribution in [0.4, 0.5) is 15.8 Å². The van der Waals surface area contributed by atoms with Crippen LogP contribution in [0, 0.1) is 11.2 Å². The summed E-state index contributed by atoms with van der Waals surface area (Å²) < 4.78 is 18.8. The number of benzene rings is 2. The molecule has 0 saturated heterocycles. The topological polar surface area (TPSA) is 58.6 Å². The van der Waals surface area contributed by atoms with E-state index in [2.05, 4.69) is 11.9 Å². The first-order valence-electron chi connectivity index (χ1n) is 9.18. The summed E-state index contributed by atoms with van der Waals surface area (Å²) in [5.74, 6) is 0.196. The van der Waals surface area contributed by atoms with Gasteiger partial charge in [-0.1, -0.05) is 6.08 Å². The number of nitrogens with zero attached hydrogens (tertiary/aromatic N) is 1. The Kier molecular flexibility index (Phi) is 6.27. The van der Waals surface area contributed by atoms with Gasteiger partial charge < -0.3 is 15.0 Å². The number of halogens is 1. The van der Waals surface area contributed by atoms with Gasteiger partial charge in [0.1, 0.15) is 18.2 Å². The van der Waals surface area contributed by atoms with Gasteiger partial charge in [-0.2, -0.15) is 0 Å². The normalized spacial score (nSPS) is 15.1. The first-order chi connectivity index (χ1) is 13.8. The second-order valence-corrected chi connectivity index (χ2v) is 8.40. The number of amides is 2. The summed E-state index contributed by atoms with van der Waals surface area (Å²) in [7, 11) is 0. The van der Waals surface area contributed by atoms with Crippen molar-refractivity contribution in [3.8, 4) is 5.75 Å². The van der Waals surface area contributed by atoms with Crippen LogP contribution in [0.2, 0.25) is 0 Å². The van der Waals surface area contributed by atoms with Crippen LogP contribution >= 0.6 is 11.8 Å². The van der Waals surface area contributed by atoms with Crippen molar-refractivity contribution in [2.24, 2.45) is 5.41 Å². The van der Waals surface area contributed by atoms with Crippen LogP contribution in [0.1, 0.15) is 13.8 Å². The fourth-order valence-electron chi connectivity index (χ4n) is 2.91. The second kappa shape index (κ2) is 8.69. The zero-order chi connectivity index (χ0) is 21.0. The van der Waals surface area contributed by atoms with Gasteiger partial charge in [0.15, 0.2) is 0 Å². The number of nitrogens with one attached hydrogen (secondary N) is 1. The van der Waals surface area contributed by atoms with E-state index in [0.717, 1.165) is 4.90 Å². The van der Waals surface area contributed by atoms with E-state index in [1.165, 1.54) is 23.9 Å². The van der Waals surface area contributed by atoms with E-state index >= 15 is 0 Å². The van der Waals surface area contributed by atoms with Crippen molar-refractivity contribution in [1.82, 2.24) is 0 Å². The molecule has 0 unspecified atom stereocenters. The van der Waals surface area contributed by atoms with Crippen molar-refractivity contribution in [1.29, 1.82) is 0 Å². The molecule has 0 fully saturated rings. The third-order valence-electron chi connectivity index (χ3n) is 4.44. The standard InChI is InChI=1S/C22H23FN2O3S/c1-4-11-25-18-12-16(7-10-19(18)28-14-22(2,3)21(25)27)24-20(26)13-29-17-8-5-15(23)6-9-17/h4-10,12H,1,11,13-14H2,2-3H3,(H,24,26). The number of carbonyl (C=O) groups is 2. The van der Waals surface area contributed by atoms with Crippen LogP contribution in [0.15, 0.2) is 60.0 Å². The van der Waals surface area contributed by atoms with Gasteiger partial charge in [0.05, 0.1) is 16.9 Å². The fourth-order valence-corrected chi connectivity index (χ4v) is 3.61. The lowest BCUT2D eigenvalue weighted by atomic mass is 9.93. The molecule has 1 aliphatic heterocycles. The summed E-state index contributed by atoms with van der Waals surface area (Å²) in [6.07, 6.45) is 1.66. The molecule has 0 bridgehead atoms. The van der Waals surface area contributed by atoms with Gasteiger partial charge in [0.2, 0.25) is 11.8 Å². The van der Waals surface area contributed by atoms with Gasteiger partial charge >= 0.3 is 0 Å². The highest BCUT2D eigenvalue weighted by Crippen LogP contribution is 2.38. The summed E-state index contributed by atoms with van der Waals surface area (Å²) in [6, 6.07) is 11.2. The van der Waals surface area contributed by atoms with E-state index in [1.807, 2.05) is 13.8 Å². The SMILES string of the molecule is C=CCN1C(=O)C(C)(C)COc2ccc(NC(=O)CSc3ccc(F)cc3)cc21. The number of thioether (sulfide) groups is 1. The summed E-state index contributed by atoms with van der Waals surface area (Å²) in [5.41, 5.74) is 0.500. The van der Waals surface area contributed by atoms with Crippen LogP contribution in [0.25, 0.3) is 0 Å². The number of anilines is 2. The zero-order valence-electron chi connectivity index (χ0n) is 16.4. The average molecular weight is 415 g/mol. The minimum Gasteiger partial charge on any atom is -0.490 e. The van der Waals surface area contributed by atoms with E-state index in [4.69, 9.17) is 4.74 Å². The van der Waals surface area contributed by atoms with Crippen molar-refractivity contribution in [2.75, 3.05) is 29.1 Å². The molecule has 5 nitrogen and oxygen atoms in total. The number of rotatable bonds is 6. The summed E-state index contributed by atoms with van der Waals surface area (Å²) in [6.45, 7) is 8.03. The molecule has 0 aliphatic carbocycles. The van der Waals surface area contributed by atoms with Gasteiger partial charge in [-0.05, 0) is 56.3 Å². The number of fused-ring (bicyclic) bond motifs is 1. The molecular weight excluding hydrogens is 391 g/mol. The van der Waals surface area contributed by atoms with Crippen LogP contribution in [-0.4, -0.2) is 30.7 Å². The van der Waals surface area contributed by atoms with Crippen LogP contribution < -0.4 is 15.0 Å². The molecule has 2 aromatic carbocycles. The van der Waals surface area contributed by atoms with Gasteiger partial charge in [-0.25, -0.2) is 4.39 Å². The zero-order valence-corrected chi connectivity index (χ0v) is 17.2. The molecule has 0 atom stereocenters. The Balaban J connectivity index is 1.74. The first-order valence-corrected chi connectivity index (χ1v) is 10.2. The van der Waals surface area contributed by atoms with Gasteiger partial charge in [0.25, 0.3) is 0 Å². The first kappa shape index (κ1) is 20.9. The molecule has 2 amide bonds. The third kappa shape index (κ3) is 4.98. The van der Waals surface area contributed by atoms with E-state index in [9.17, 15) is 14.0 Å². The fraction of sp³-hybridized carbons (Fsp3) is 0.273. The Hall–Kier alpha value is -2.80. The lowest BCUT2D eigenvalue weighted by molar-refractivity contribution is -0.127. The van der Waals surface area contributed by atoms with Gasteiger partial charge in [-0.15, -0.1) is 18.3 Å². The summed E-state index contributed by atoms with van der Waals surface area (Å²) in [5, 5.41) is 2.84. The van der Waals surface area contributed by atoms with E-state index in [-0.39, 0.29) is 30.0 Å². The van der Waals surface area contributed by atoms with Crippen molar-refractivity contribution in [3.63, 3.8) is 0 Å². The predicted molar refractivity (Wildman–Crippen MR) is 114 cm³/mol. The molecule has 0 spiro atoms. The van der Waals surface area contributed by atoms with Gasteiger partial charge in [0, 0.05) is 17.1 Å². The van der Waals surface area contributed by atoms with Crippen molar-refractivity contribution in [2.45, 2.75) is 18.7 Å². The minimum atomic E-state index is -0.669. The molecule has 1 aliphatic rings. The highest BCUT2D eigenvalue weighted by molar-refractivity contribution is 8.00. The molecule has 3 rings (SSSR count). The van der Waals surface area contributed by atoms with E-state index in [1.54, 1.807) is 41.3 Å². The molecule has 1 N–H and O–H groups in total. The van der Waals surface area contributed by atoms with Gasteiger partial charge in [-0.3, -0.25) is 9.59 Å². The van der Waals surface area contributed by atoms with Crippen molar-refractivity contribution >= 4 is 35.0 Å². The van der Waals surface area contributed by atoms with Crippen LogP contribution in [0.5, 0.6) is 5.75 Å². The van der Waals surface area contributed by atoms with E-state index in [0.29, 0.717) is 23.7 Å². The highest BCUT2D eigenvalue weighted by atomic mass is 32.2. The monoisotopic (exact) mass is 414 g/mol. The maximum absolute atomic E-state index is 13.0. The molecular formula is C22H23FN2O3S. The minimum absolute atomic E-state index is 0.0634. The Morgan fingerprint density at radius 1 is 1.31 bits per heavy atom. The summed E-state index contributed by atoms with van der Waals surface area (Å²) in [4.78, 5) is 27.7. The Morgan fingerprint density at radius 3 is 2.72 bits per heavy atom. The Morgan fingerprint density at radius 2 is 2.03 bits per heavy atom. The number of hydrogen-bond donors (Lipinski definition) is 1. The van der Waals surface area contributed by atoms with Crippen molar-refractivity contribution < 1.29 is 18.7 Å². The number of ether oxygens (including phenoxy) is 1. The maximum Gasteiger partial charge on any atom is 0.236 e. The Bertz CT molecular complexity index is 928. The molecule has 0 saturated carbocycles. The molecule has 0 radical (unpaired) electrons. The number of hydrogen-bond acceptors (Lipinski definition) is 4. The third-order valence-corrected chi connectivity index (χ3v) is 5.45. The molecule has 152 valence electrons. The summed E-state index contributed by atoms with van der Waals surface area (Å²) >= 11 is 1.32. The predicted octanol–water partition coefficient (Wildman–Crippen LogP) is 4.49. The molecule has 7 heteroatoms. The second-order valence-electron chi connectivity index (χ2n) is 7.35. The molecule has 29 heavy (non-hydrogen) atoms. The average Bonchev–Trinajstić information content (AvgIpc) is 2.78. The highest BCUT2D eigenvalue weighted by Gasteiger charge is 2.37. The largest absolute Gasteiger partial charge is 0.490 e. The number of carbonyl (C=O) groups excluding carboxylic acids is 2. The van der Waals surface area contributed by atoms with Crippen LogP contribution in [-0.2, 0) is 9.59 Å². The lowest BCUT2D eigenvalue weighted by Crippen LogP contribution is -2.42. The molecule has 0 aromatic heterocycles. The lowest BCUT2D eigenvalue weighted by Gasteiger charge is -2.27. The maximum atomic E-state index is 13.0. The Labute approximate surface area is 173 Å². The smallest absolute Gasteiger partial charge is 0.236 e. The quantitative estimate of drug-likeness (QED) is 0.559. The molecule has 2 aromatic rings. The van der Waals surface area contributed by atoms with E-state index < -0.39 is 5.41 Å². The molecule has 1 heterocycles. The van der Waals surface area contributed by atoms with Crippen molar-refractivity contribution in [3.05, 3.63) is 60.9 Å².